The quantitative estimate of drug-likeness (QED) is 0.155. The predicted molar refractivity (Wildman–Crippen MR) is 148 cm³/mol. The van der Waals surface area contributed by atoms with Gasteiger partial charge >= 0.3 is 12.1 Å². The van der Waals surface area contributed by atoms with E-state index in [1.807, 2.05) is 48.5 Å². The average molecular weight is 530 g/mol. The lowest BCUT2D eigenvalue weighted by molar-refractivity contribution is -0.139. The van der Waals surface area contributed by atoms with E-state index in [2.05, 4.69) is 26.1 Å². The largest absolute Gasteiger partial charge is 0.480 e. The highest BCUT2D eigenvalue weighted by atomic mass is 16.5. The topological polar surface area (TPSA) is 142 Å². The number of nitrogens with zero attached hydrogens (tertiary/aromatic N) is 2. The van der Waals surface area contributed by atoms with Crippen LogP contribution in [-0.2, 0) is 9.53 Å². The number of benzene rings is 2. The highest BCUT2D eigenvalue weighted by molar-refractivity contribution is 5.94. The Balaban J connectivity index is 1.20. The van der Waals surface area contributed by atoms with Crippen LogP contribution >= 0.6 is 0 Å². The van der Waals surface area contributed by atoms with Gasteiger partial charge in [-0.05, 0) is 60.6 Å². The lowest BCUT2D eigenvalue weighted by Crippen LogP contribution is -2.41. The summed E-state index contributed by atoms with van der Waals surface area (Å²) in [7, 11) is 0. The van der Waals surface area contributed by atoms with Crippen molar-refractivity contribution >= 4 is 30.0 Å². The number of amides is 2. The molecular weight excluding hydrogens is 498 g/mol. The Bertz CT molecular complexity index is 1300. The maximum absolute atomic E-state index is 12.5. The third kappa shape index (κ3) is 6.98. The molecule has 0 saturated heterocycles. The zero-order valence-corrected chi connectivity index (χ0v) is 21.6. The first-order valence-corrected chi connectivity index (χ1v) is 12.8. The molecule has 39 heavy (non-hydrogen) atoms. The Kier molecular flexibility index (Phi) is 9.23. The second-order valence-corrected chi connectivity index (χ2v) is 9.04. The van der Waals surface area contributed by atoms with Gasteiger partial charge in [0.05, 0.1) is 5.56 Å². The Labute approximate surface area is 226 Å². The molecule has 1 heterocycles. The van der Waals surface area contributed by atoms with Crippen LogP contribution in [0.3, 0.4) is 0 Å². The number of alkyl carbamates (subject to hydrolysis) is 1. The molecule has 0 unspecified atom stereocenters. The number of carboxylic acid groups (broad SMARTS) is 1. The van der Waals surface area contributed by atoms with Crippen molar-refractivity contribution in [3.8, 4) is 11.1 Å². The fourth-order valence-corrected chi connectivity index (χ4v) is 4.54. The van der Waals surface area contributed by atoms with Gasteiger partial charge < -0.3 is 20.5 Å². The van der Waals surface area contributed by atoms with Crippen LogP contribution in [0.4, 0.5) is 10.6 Å². The number of carboxylic acids is 1. The second kappa shape index (κ2) is 13.2. The minimum atomic E-state index is -1.14. The van der Waals surface area contributed by atoms with Crippen LogP contribution in [0.25, 0.3) is 11.1 Å². The molecule has 0 bridgehead atoms. The number of anilines is 1. The van der Waals surface area contributed by atoms with Gasteiger partial charge in [-0.1, -0.05) is 48.5 Å². The number of rotatable bonds is 12. The maximum Gasteiger partial charge on any atom is 0.407 e. The SMILES string of the molecule is C/C=N/Nc1ccc(C(=O)NCCCC[C@H](NC(=O)OCC2c3ccccc3-c3ccccc32)C(=O)O)cn1. The molecule has 0 aliphatic heterocycles. The van der Waals surface area contributed by atoms with E-state index < -0.39 is 18.1 Å². The van der Waals surface area contributed by atoms with E-state index in [1.54, 1.807) is 25.3 Å². The number of carbonyl (C=O) groups excluding carboxylic acids is 2. The van der Waals surface area contributed by atoms with Crippen molar-refractivity contribution in [1.29, 1.82) is 0 Å². The Morgan fingerprint density at radius 2 is 1.72 bits per heavy atom. The van der Waals surface area contributed by atoms with Crippen LogP contribution in [-0.4, -0.2) is 53.5 Å². The van der Waals surface area contributed by atoms with Crippen LogP contribution in [0.1, 0.15) is 53.6 Å². The molecule has 2 amide bonds. The van der Waals surface area contributed by atoms with Crippen molar-refractivity contribution in [2.45, 2.75) is 38.1 Å². The molecule has 0 saturated carbocycles. The molecule has 10 nitrogen and oxygen atoms in total. The summed E-state index contributed by atoms with van der Waals surface area (Å²) in [5.74, 6) is -1.00. The molecule has 4 rings (SSSR count). The van der Waals surface area contributed by atoms with Crippen LogP contribution in [0.2, 0.25) is 0 Å². The molecule has 202 valence electrons. The Morgan fingerprint density at radius 1 is 1.03 bits per heavy atom. The summed E-state index contributed by atoms with van der Waals surface area (Å²) in [5.41, 5.74) is 7.52. The summed E-state index contributed by atoms with van der Waals surface area (Å²) >= 11 is 0. The molecule has 0 fully saturated rings. The number of nitrogens with one attached hydrogen (secondary N) is 3. The Hall–Kier alpha value is -4.73. The van der Waals surface area contributed by atoms with Crippen LogP contribution in [0.15, 0.2) is 72.0 Å². The monoisotopic (exact) mass is 529 g/mol. The highest BCUT2D eigenvalue weighted by Gasteiger charge is 2.29. The average Bonchev–Trinajstić information content (AvgIpc) is 3.27. The summed E-state index contributed by atoms with van der Waals surface area (Å²) in [4.78, 5) is 40.6. The third-order valence-corrected chi connectivity index (χ3v) is 6.47. The number of hydrogen-bond donors (Lipinski definition) is 4. The van der Waals surface area contributed by atoms with Crippen LogP contribution < -0.4 is 16.1 Å². The number of aromatic nitrogens is 1. The van der Waals surface area contributed by atoms with Gasteiger partial charge in [0.25, 0.3) is 5.91 Å². The van der Waals surface area contributed by atoms with Crippen molar-refractivity contribution in [3.05, 3.63) is 83.6 Å². The van der Waals surface area contributed by atoms with Crippen LogP contribution in [0, 0.1) is 0 Å². The molecule has 0 spiro atoms. The number of ether oxygens (including phenoxy) is 1. The zero-order valence-electron chi connectivity index (χ0n) is 21.6. The molecule has 1 aliphatic rings. The molecule has 1 atom stereocenters. The predicted octanol–water partition coefficient (Wildman–Crippen LogP) is 4.39. The summed E-state index contributed by atoms with van der Waals surface area (Å²) in [6.07, 6.45) is 3.49. The summed E-state index contributed by atoms with van der Waals surface area (Å²) < 4.78 is 5.47. The Morgan fingerprint density at radius 3 is 2.33 bits per heavy atom. The normalized spacial score (nSPS) is 12.8. The number of aliphatic carboxylic acids is 1. The first kappa shape index (κ1) is 27.3. The lowest BCUT2D eigenvalue weighted by atomic mass is 9.98. The summed E-state index contributed by atoms with van der Waals surface area (Å²) in [6.45, 7) is 2.23. The minimum Gasteiger partial charge on any atom is -0.480 e. The van der Waals surface area contributed by atoms with E-state index in [0.717, 1.165) is 22.3 Å². The third-order valence-electron chi connectivity index (χ3n) is 6.47. The number of hydrogen-bond acceptors (Lipinski definition) is 7. The van der Waals surface area contributed by atoms with E-state index in [1.165, 1.54) is 6.20 Å². The molecular formula is C29H31N5O5. The number of hydrazone groups is 1. The molecule has 3 aromatic rings. The van der Waals surface area contributed by atoms with E-state index in [9.17, 15) is 19.5 Å². The van der Waals surface area contributed by atoms with Gasteiger partial charge in [-0.15, -0.1) is 0 Å². The smallest absolute Gasteiger partial charge is 0.407 e. The number of unbranched alkanes of at least 4 members (excludes halogenated alkanes) is 1. The molecule has 1 aliphatic carbocycles. The van der Waals surface area contributed by atoms with Crippen molar-refractivity contribution in [2.24, 2.45) is 5.10 Å². The lowest BCUT2D eigenvalue weighted by Gasteiger charge is -2.17. The fourth-order valence-electron chi connectivity index (χ4n) is 4.54. The van der Waals surface area contributed by atoms with E-state index in [-0.39, 0.29) is 24.9 Å². The molecule has 10 heteroatoms. The van der Waals surface area contributed by atoms with Gasteiger partial charge in [0, 0.05) is 24.9 Å². The number of fused-ring (bicyclic) bond motifs is 3. The molecule has 4 N–H and O–H groups in total. The molecule has 0 radical (unpaired) electrons. The van der Waals surface area contributed by atoms with Crippen molar-refractivity contribution in [2.75, 3.05) is 18.6 Å². The van der Waals surface area contributed by atoms with Crippen molar-refractivity contribution in [1.82, 2.24) is 15.6 Å². The zero-order chi connectivity index (χ0) is 27.6. The first-order valence-electron chi connectivity index (χ1n) is 12.8. The number of pyridine rings is 1. The standard InChI is InChI=1S/C29H31N5O5/c1-2-32-34-26-15-14-19(17-31-26)27(35)30-16-8-7-13-25(28(36)37)33-29(38)39-18-24-22-11-5-3-9-20(22)21-10-4-6-12-23(21)24/h2-6,9-12,14-15,17,24-25H,7-8,13,16,18H2,1H3,(H,30,35)(H,31,34)(H,33,38)(H,36,37)/b32-2+/t25-/m0/s1. The van der Waals surface area contributed by atoms with Gasteiger partial charge in [-0.2, -0.15) is 5.10 Å². The van der Waals surface area contributed by atoms with Crippen molar-refractivity contribution in [3.63, 3.8) is 0 Å². The molecule has 1 aromatic heterocycles. The van der Waals surface area contributed by atoms with E-state index in [0.29, 0.717) is 30.8 Å². The van der Waals surface area contributed by atoms with Gasteiger partial charge in [0.2, 0.25) is 0 Å². The number of carbonyl (C=O) groups is 3. The van der Waals surface area contributed by atoms with E-state index in [4.69, 9.17) is 4.74 Å². The summed E-state index contributed by atoms with van der Waals surface area (Å²) in [6, 6.07) is 18.2. The maximum atomic E-state index is 12.5. The first-order chi connectivity index (χ1) is 19.0. The van der Waals surface area contributed by atoms with Gasteiger partial charge in [-0.3, -0.25) is 10.2 Å². The highest BCUT2D eigenvalue weighted by Crippen LogP contribution is 2.44. The van der Waals surface area contributed by atoms with Gasteiger partial charge in [-0.25, -0.2) is 14.6 Å². The molecule has 2 aromatic carbocycles. The van der Waals surface area contributed by atoms with E-state index >= 15 is 0 Å². The fraction of sp³-hybridized carbons (Fsp3) is 0.276. The van der Waals surface area contributed by atoms with Crippen LogP contribution in [0.5, 0.6) is 0 Å². The van der Waals surface area contributed by atoms with Gasteiger partial charge in [0.1, 0.15) is 18.5 Å². The minimum absolute atomic E-state index is 0.107. The second-order valence-electron chi connectivity index (χ2n) is 9.04. The van der Waals surface area contributed by atoms with Crippen molar-refractivity contribution < 1.29 is 24.2 Å². The summed E-state index contributed by atoms with van der Waals surface area (Å²) in [5, 5.41) is 18.7. The van der Waals surface area contributed by atoms with Gasteiger partial charge in [0.15, 0.2) is 0 Å².